The van der Waals surface area contributed by atoms with E-state index in [1.807, 2.05) is 45.0 Å². The van der Waals surface area contributed by atoms with Crippen LogP contribution in [0.4, 0.5) is 0 Å². The molecule has 0 amide bonds. The molecule has 0 saturated carbocycles. The third-order valence-corrected chi connectivity index (χ3v) is 4.35. The van der Waals surface area contributed by atoms with E-state index in [0.29, 0.717) is 6.42 Å². The first kappa shape index (κ1) is 17.7. The molecule has 116 valence electrons. The molecule has 1 rings (SSSR count). The van der Waals surface area contributed by atoms with Crippen molar-refractivity contribution >= 4 is 10.0 Å². The molecule has 1 aromatic rings. The van der Waals surface area contributed by atoms with E-state index in [0.717, 1.165) is 11.1 Å². The van der Waals surface area contributed by atoms with Gasteiger partial charge in [0.25, 0.3) is 0 Å². The van der Waals surface area contributed by atoms with Gasteiger partial charge in [0.15, 0.2) is 0 Å². The number of aliphatic hydroxyl groups excluding tert-OH is 1. The molecule has 0 radical (unpaired) electrons. The van der Waals surface area contributed by atoms with E-state index in [4.69, 9.17) is 5.11 Å². The topological polar surface area (TPSA) is 66.4 Å². The van der Waals surface area contributed by atoms with Crippen molar-refractivity contribution in [2.24, 2.45) is 5.41 Å². The smallest absolute Gasteiger partial charge is 0.212 e. The van der Waals surface area contributed by atoms with Gasteiger partial charge in [-0.15, -0.1) is 0 Å². The molecule has 0 fully saturated rings. The first-order valence-corrected chi connectivity index (χ1v) is 8.53. The van der Waals surface area contributed by atoms with Crippen molar-refractivity contribution in [1.29, 1.82) is 0 Å². The normalized spacial score (nSPS) is 11.8. The zero-order chi connectivity index (χ0) is 15.9. The second-order valence-corrected chi connectivity index (χ2v) is 7.92. The van der Waals surface area contributed by atoms with Gasteiger partial charge in [-0.25, -0.2) is 13.1 Å². The Morgan fingerprint density at radius 1 is 1.29 bits per heavy atom. The number of rotatable bonds is 5. The van der Waals surface area contributed by atoms with Gasteiger partial charge in [-0.2, -0.15) is 0 Å². The highest BCUT2D eigenvalue weighted by atomic mass is 32.2. The lowest BCUT2D eigenvalue weighted by Gasteiger charge is -2.18. The van der Waals surface area contributed by atoms with Crippen LogP contribution in [0, 0.1) is 17.3 Å². The fraction of sp³-hybridized carbons (Fsp3) is 0.500. The molecule has 0 spiro atoms. The number of hydrogen-bond donors (Lipinski definition) is 2. The molecule has 0 aliphatic carbocycles. The molecule has 0 aromatic heterocycles. The van der Waals surface area contributed by atoms with E-state index in [9.17, 15) is 8.42 Å². The summed E-state index contributed by atoms with van der Waals surface area (Å²) >= 11 is 0. The number of nitrogens with one attached hydrogen (secondary N) is 1. The van der Waals surface area contributed by atoms with Crippen LogP contribution in [0.1, 0.15) is 38.3 Å². The Labute approximate surface area is 127 Å². The standard InChI is InChI=1S/C16H23NO3S/c1-16(2,3)13-21(19,20)17-12-15-9-6-8-14(11-15)7-4-5-10-18/h6,8-9,11,17-18H,5,10,12-13H2,1-3H3. The predicted octanol–water partition coefficient (Wildman–Crippen LogP) is 1.89. The molecule has 5 heteroatoms. The molecule has 0 unspecified atom stereocenters. The Balaban J connectivity index is 2.68. The van der Waals surface area contributed by atoms with Crippen molar-refractivity contribution in [3.63, 3.8) is 0 Å². The summed E-state index contributed by atoms with van der Waals surface area (Å²) in [6, 6.07) is 7.41. The summed E-state index contributed by atoms with van der Waals surface area (Å²) in [5, 5.41) is 8.69. The van der Waals surface area contributed by atoms with Crippen molar-refractivity contribution in [1.82, 2.24) is 4.72 Å². The molecule has 0 aliphatic heterocycles. The molecule has 0 saturated heterocycles. The zero-order valence-electron chi connectivity index (χ0n) is 12.8. The SMILES string of the molecule is CC(C)(C)CS(=O)(=O)NCc1cccc(C#CCCO)c1. The maximum atomic E-state index is 11.9. The second-order valence-electron chi connectivity index (χ2n) is 6.12. The minimum atomic E-state index is -3.29. The van der Waals surface area contributed by atoms with Gasteiger partial charge in [0.05, 0.1) is 12.4 Å². The van der Waals surface area contributed by atoms with Crippen molar-refractivity contribution < 1.29 is 13.5 Å². The first-order valence-electron chi connectivity index (χ1n) is 6.88. The van der Waals surface area contributed by atoms with E-state index in [-0.39, 0.29) is 24.3 Å². The van der Waals surface area contributed by atoms with E-state index in [1.54, 1.807) is 0 Å². The summed E-state index contributed by atoms with van der Waals surface area (Å²) in [5.74, 6) is 5.87. The van der Waals surface area contributed by atoms with Gasteiger partial charge >= 0.3 is 0 Å². The summed E-state index contributed by atoms with van der Waals surface area (Å²) in [5.41, 5.74) is 1.41. The van der Waals surface area contributed by atoms with Crippen molar-refractivity contribution in [2.75, 3.05) is 12.4 Å². The van der Waals surface area contributed by atoms with Gasteiger partial charge in [0.2, 0.25) is 10.0 Å². The van der Waals surface area contributed by atoms with Crippen molar-refractivity contribution in [3.8, 4) is 11.8 Å². The highest BCUT2D eigenvalue weighted by Crippen LogP contribution is 2.15. The lowest BCUT2D eigenvalue weighted by atomic mass is 10.0. The lowest BCUT2D eigenvalue weighted by molar-refractivity contribution is 0.305. The lowest BCUT2D eigenvalue weighted by Crippen LogP contribution is -2.31. The number of sulfonamides is 1. The predicted molar refractivity (Wildman–Crippen MR) is 85.1 cm³/mol. The molecular weight excluding hydrogens is 286 g/mol. The maximum absolute atomic E-state index is 11.9. The fourth-order valence-electron chi connectivity index (χ4n) is 1.79. The summed E-state index contributed by atoms with van der Waals surface area (Å²) in [4.78, 5) is 0. The van der Waals surface area contributed by atoms with Crippen LogP contribution in [-0.4, -0.2) is 25.9 Å². The zero-order valence-corrected chi connectivity index (χ0v) is 13.6. The Bertz CT molecular complexity index is 619. The van der Waals surface area contributed by atoms with Gasteiger partial charge < -0.3 is 5.11 Å². The molecule has 1 aromatic carbocycles. The Morgan fingerprint density at radius 2 is 2.00 bits per heavy atom. The van der Waals surface area contributed by atoms with E-state index in [2.05, 4.69) is 16.6 Å². The van der Waals surface area contributed by atoms with Crippen molar-refractivity contribution in [3.05, 3.63) is 35.4 Å². The van der Waals surface area contributed by atoms with Crippen LogP contribution in [0.2, 0.25) is 0 Å². The minimum absolute atomic E-state index is 0.0410. The van der Waals surface area contributed by atoms with Crippen LogP contribution in [0.25, 0.3) is 0 Å². The molecule has 0 bridgehead atoms. The minimum Gasteiger partial charge on any atom is -0.395 e. The molecule has 4 nitrogen and oxygen atoms in total. The van der Waals surface area contributed by atoms with Crippen LogP contribution in [-0.2, 0) is 16.6 Å². The van der Waals surface area contributed by atoms with Gasteiger partial charge in [-0.05, 0) is 23.1 Å². The Kier molecular flexibility index (Phi) is 6.41. The Hall–Kier alpha value is -1.35. The van der Waals surface area contributed by atoms with Crippen LogP contribution in [0.15, 0.2) is 24.3 Å². The highest BCUT2D eigenvalue weighted by Gasteiger charge is 2.20. The highest BCUT2D eigenvalue weighted by molar-refractivity contribution is 7.89. The van der Waals surface area contributed by atoms with E-state index < -0.39 is 10.0 Å². The number of hydrogen-bond acceptors (Lipinski definition) is 3. The summed E-state index contributed by atoms with van der Waals surface area (Å²) < 4.78 is 26.5. The fourth-order valence-corrected chi connectivity index (χ4v) is 3.42. The van der Waals surface area contributed by atoms with Gasteiger partial charge in [0, 0.05) is 18.5 Å². The maximum Gasteiger partial charge on any atom is 0.212 e. The van der Waals surface area contributed by atoms with Gasteiger partial charge in [-0.3, -0.25) is 0 Å². The Morgan fingerprint density at radius 3 is 2.62 bits per heavy atom. The first-order chi connectivity index (χ1) is 9.72. The molecular formula is C16H23NO3S. The van der Waals surface area contributed by atoms with Crippen LogP contribution >= 0.6 is 0 Å². The van der Waals surface area contributed by atoms with Crippen LogP contribution in [0.5, 0.6) is 0 Å². The molecule has 21 heavy (non-hydrogen) atoms. The largest absolute Gasteiger partial charge is 0.395 e. The van der Waals surface area contributed by atoms with E-state index >= 15 is 0 Å². The number of benzene rings is 1. The quantitative estimate of drug-likeness (QED) is 0.816. The molecule has 0 heterocycles. The molecule has 0 aliphatic rings. The average molecular weight is 309 g/mol. The summed E-state index contributed by atoms with van der Waals surface area (Å²) in [6.45, 7) is 5.98. The third-order valence-electron chi connectivity index (χ3n) is 2.52. The number of aliphatic hydroxyl groups is 1. The molecule has 0 atom stereocenters. The van der Waals surface area contributed by atoms with Gasteiger partial charge in [-0.1, -0.05) is 44.7 Å². The second kappa shape index (κ2) is 7.60. The molecule has 2 N–H and O–H groups in total. The summed E-state index contributed by atoms with van der Waals surface area (Å²) in [6.07, 6.45) is 0.433. The third kappa shape index (κ3) is 7.86. The van der Waals surface area contributed by atoms with Gasteiger partial charge in [0.1, 0.15) is 0 Å². The van der Waals surface area contributed by atoms with Crippen molar-refractivity contribution in [2.45, 2.75) is 33.7 Å². The summed E-state index contributed by atoms with van der Waals surface area (Å²) in [7, 11) is -3.29. The van der Waals surface area contributed by atoms with Crippen LogP contribution in [0.3, 0.4) is 0 Å². The van der Waals surface area contributed by atoms with E-state index in [1.165, 1.54) is 0 Å². The average Bonchev–Trinajstić information content (AvgIpc) is 2.35. The monoisotopic (exact) mass is 309 g/mol. The van der Waals surface area contributed by atoms with Crippen LogP contribution < -0.4 is 4.72 Å².